The number of ether oxygens (including phenoxy) is 1. The lowest BCUT2D eigenvalue weighted by Gasteiger charge is -2.12. The predicted molar refractivity (Wildman–Crippen MR) is 101 cm³/mol. The molecule has 3 heteroatoms. The van der Waals surface area contributed by atoms with Crippen molar-refractivity contribution in [2.24, 2.45) is 0 Å². The largest absolute Gasteiger partial charge is 0.468 e. The molecule has 4 aromatic rings. The van der Waals surface area contributed by atoms with Gasteiger partial charge in [-0.25, -0.2) is 0 Å². The lowest BCUT2D eigenvalue weighted by atomic mass is 10.0. The highest BCUT2D eigenvalue weighted by Gasteiger charge is 2.21. The van der Waals surface area contributed by atoms with Crippen LogP contribution in [-0.4, -0.2) is 16.7 Å². The van der Waals surface area contributed by atoms with E-state index in [1.807, 2.05) is 54.6 Å². The third kappa shape index (κ3) is 2.81. The minimum absolute atomic E-state index is 0.573. The van der Waals surface area contributed by atoms with E-state index in [2.05, 4.69) is 41.0 Å². The number of nitrogens with zero attached hydrogens (tertiary/aromatic N) is 2. The maximum absolute atomic E-state index is 5.62. The molecule has 1 aromatic heterocycles. The van der Waals surface area contributed by atoms with Gasteiger partial charge in [0.15, 0.2) is 0 Å². The van der Waals surface area contributed by atoms with Crippen molar-refractivity contribution in [3.8, 4) is 34.2 Å². The van der Waals surface area contributed by atoms with Gasteiger partial charge in [0.05, 0.1) is 18.5 Å². The molecule has 25 heavy (non-hydrogen) atoms. The van der Waals surface area contributed by atoms with Crippen LogP contribution in [0.2, 0.25) is 0 Å². The molecule has 0 bridgehead atoms. The summed E-state index contributed by atoms with van der Waals surface area (Å²) in [5, 5.41) is 0. The lowest BCUT2D eigenvalue weighted by Crippen LogP contribution is -2.00. The first-order chi connectivity index (χ1) is 12.4. The third-order valence-corrected chi connectivity index (χ3v) is 4.14. The topological polar surface area (TPSA) is 27.1 Å². The lowest BCUT2D eigenvalue weighted by molar-refractivity contribution is 0.374. The van der Waals surface area contributed by atoms with Gasteiger partial charge in [-0.15, -0.1) is 0 Å². The molecule has 0 atom stereocenters. The summed E-state index contributed by atoms with van der Waals surface area (Å²) in [5.74, 6) is 0. The summed E-state index contributed by atoms with van der Waals surface area (Å²) in [6.45, 7) is 0. The fraction of sp³-hybridized carbons (Fsp3) is 0.0455. The zero-order valence-electron chi connectivity index (χ0n) is 14.0. The van der Waals surface area contributed by atoms with Crippen molar-refractivity contribution in [1.82, 2.24) is 9.55 Å². The number of hydrogen-bond donors (Lipinski definition) is 0. The number of hydrogen-bond acceptors (Lipinski definition) is 2. The highest BCUT2D eigenvalue weighted by Crippen LogP contribution is 2.37. The van der Waals surface area contributed by atoms with Crippen LogP contribution in [0.5, 0.6) is 6.01 Å². The summed E-state index contributed by atoms with van der Waals surface area (Å²) >= 11 is 0. The van der Waals surface area contributed by atoms with E-state index in [0.717, 1.165) is 28.2 Å². The Morgan fingerprint density at radius 1 is 0.680 bits per heavy atom. The fourth-order valence-electron chi connectivity index (χ4n) is 3.01. The maximum Gasteiger partial charge on any atom is 0.301 e. The van der Waals surface area contributed by atoms with Crippen LogP contribution in [0.3, 0.4) is 0 Å². The van der Waals surface area contributed by atoms with Crippen LogP contribution < -0.4 is 4.74 Å². The minimum Gasteiger partial charge on any atom is -0.468 e. The van der Waals surface area contributed by atoms with E-state index in [4.69, 9.17) is 9.72 Å². The second-order valence-electron chi connectivity index (χ2n) is 5.70. The number of imidazole rings is 1. The summed E-state index contributed by atoms with van der Waals surface area (Å²) in [6.07, 6.45) is 0. The van der Waals surface area contributed by atoms with Gasteiger partial charge in [0, 0.05) is 11.1 Å². The zero-order valence-corrected chi connectivity index (χ0v) is 14.0. The fourth-order valence-corrected chi connectivity index (χ4v) is 3.01. The van der Waals surface area contributed by atoms with Gasteiger partial charge in [0.2, 0.25) is 0 Å². The van der Waals surface area contributed by atoms with E-state index in [-0.39, 0.29) is 0 Å². The molecule has 0 radical (unpaired) electrons. The molecule has 0 aliphatic heterocycles. The van der Waals surface area contributed by atoms with Crippen molar-refractivity contribution < 1.29 is 4.74 Å². The molecular weight excluding hydrogens is 308 g/mol. The van der Waals surface area contributed by atoms with Crippen LogP contribution in [0.15, 0.2) is 91.0 Å². The number of aromatic nitrogens is 2. The van der Waals surface area contributed by atoms with Crippen LogP contribution in [0.1, 0.15) is 0 Å². The molecule has 0 fully saturated rings. The average Bonchev–Trinajstić information content (AvgIpc) is 3.10. The normalized spacial score (nSPS) is 10.6. The monoisotopic (exact) mass is 326 g/mol. The second-order valence-corrected chi connectivity index (χ2v) is 5.70. The Morgan fingerprint density at radius 2 is 1.20 bits per heavy atom. The Kier molecular flexibility index (Phi) is 4.05. The van der Waals surface area contributed by atoms with Gasteiger partial charge in [-0.3, -0.25) is 4.57 Å². The number of rotatable bonds is 4. The molecular formula is C22H18N2O. The highest BCUT2D eigenvalue weighted by molar-refractivity contribution is 5.81. The molecule has 0 unspecified atom stereocenters. The zero-order chi connectivity index (χ0) is 17.1. The Morgan fingerprint density at radius 3 is 1.76 bits per heavy atom. The van der Waals surface area contributed by atoms with E-state index < -0.39 is 0 Å². The first kappa shape index (κ1) is 15.2. The summed E-state index contributed by atoms with van der Waals surface area (Å²) in [5.41, 5.74) is 5.12. The summed E-state index contributed by atoms with van der Waals surface area (Å²) in [4.78, 5) is 4.79. The summed E-state index contributed by atoms with van der Waals surface area (Å²) in [6, 6.07) is 31.3. The Balaban J connectivity index is 2.05. The Hall–Kier alpha value is -3.33. The van der Waals surface area contributed by atoms with E-state index in [9.17, 15) is 0 Å². The summed E-state index contributed by atoms with van der Waals surface area (Å²) < 4.78 is 7.68. The van der Waals surface area contributed by atoms with Crippen LogP contribution in [0.25, 0.3) is 28.2 Å². The molecule has 1 heterocycles. The second kappa shape index (κ2) is 6.65. The van der Waals surface area contributed by atoms with E-state index in [0.29, 0.717) is 6.01 Å². The highest BCUT2D eigenvalue weighted by atomic mass is 16.5. The molecule has 4 rings (SSSR count). The van der Waals surface area contributed by atoms with Gasteiger partial charge in [-0.2, -0.15) is 4.98 Å². The SMILES string of the molecule is COc1nc(-c2ccccc2)c(-c2ccccc2)n1-c1ccccc1. The van der Waals surface area contributed by atoms with E-state index >= 15 is 0 Å². The van der Waals surface area contributed by atoms with Crippen LogP contribution in [-0.2, 0) is 0 Å². The molecule has 0 saturated carbocycles. The minimum atomic E-state index is 0.573. The molecule has 0 aliphatic rings. The molecule has 3 nitrogen and oxygen atoms in total. The molecule has 0 saturated heterocycles. The van der Waals surface area contributed by atoms with E-state index in [1.54, 1.807) is 7.11 Å². The third-order valence-electron chi connectivity index (χ3n) is 4.14. The molecule has 0 aliphatic carbocycles. The van der Waals surface area contributed by atoms with Crippen LogP contribution >= 0.6 is 0 Å². The van der Waals surface area contributed by atoms with Crippen molar-refractivity contribution >= 4 is 0 Å². The Bertz CT molecular complexity index is 961. The van der Waals surface area contributed by atoms with Crippen molar-refractivity contribution in [1.29, 1.82) is 0 Å². The van der Waals surface area contributed by atoms with Crippen LogP contribution in [0, 0.1) is 0 Å². The first-order valence-corrected chi connectivity index (χ1v) is 8.21. The number of benzene rings is 3. The molecule has 122 valence electrons. The van der Waals surface area contributed by atoms with Gasteiger partial charge >= 0.3 is 6.01 Å². The van der Waals surface area contributed by atoms with Crippen molar-refractivity contribution in [3.63, 3.8) is 0 Å². The average molecular weight is 326 g/mol. The number of para-hydroxylation sites is 1. The molecule has 0 N–H and O–H groups in total. The summed E-state index contributed by atoms with van der Waals surface area (Å²) in [7, 11) is 1.66. The van der Waals surface area contributed by atoms with Crippen molar-refractivity contribution in [2.75, 3.05) is 7.11 Å². The van der Waals surface area contributed by atoms with Crippen LogP contribution in [0.4, 0.5) is 0 Å². The number of methoxy groups -OCH3 is 1. The first-order valence-electron chi connectivity index (χ1n) is 8.21. The molecule has 3 aromatic carbocycles. The van der Waals surface area contributed by atoms with Crippen molar-refractivity contribution in [3.05, 3.63) is 91.0 Å². The van der Waals surface area contributed by atoms with Gasteiger partial charge < -0.3 is 4.74 Å². The quantitative estimate of drug-likeness (QED) is 0.514. The maximum atomic E-state index is 5.62. The van der Waals surface area contributed by atoms with Gasteiger partial charge in [-0.1, -0.05) is 78.9 Å². The van der Waals surface area contributed by atoms with E-state index in [1.165, 1.54) is 0 Å². The predicted octanol–water partition coefficient (Wildman–Crippen LogP) is 5.21. The van der Waals surface area contributed by atoms with Crippen molar-refractivity contribution in [2.45, 2.75) is 0 Å². The van der Waals surface area contributed by atoms with Gasteiger partial charge in [-0.05, 0) is 12.1 Å². The van der Waals surface area contributed by atoms with Gasteiger partial charge in [0.25, 0.3) is 0 Å². The smallest absolute Gasteiger partial charge is 0.301 e. The Labute approximate surface area is 147 Å². The standard InChI is InChI=1S/C22H18N2O/c1-25-22-23-20(17-11-5-2-6-12-17)21(18-13-7-3-8-14-18)24(22)19-15-9-4-10-16-19/h2-16H,1H3. The van der Waals surface area contributed by atoms with Gasteiger partial charge in [0.1, 0.15) is 5.69 Å². The molecule has 0 spiro atoms. The molecule has 0 amide bonds.